The molecule has 0 radical (unpaired) electrons. The van der Waals surface area contributed by atoms with E-state index < -0.39 is 0 Å². The number of benzene rings is 2. The molecule has 0 aliphatic rings. The Balaban J connectivity index is 2.15. The van der Waals surface area contributed by atoms with E-state index in [2.05, 4.69) is 0 Å². The summed E-state index contributed by atoms with van der Waals surface area (Å²) in [5.74, 6) is 1.04. The first kappa shape index (κ1) is 13.2. The van der Waals surface area contributed by atoms with Crippen molar-refractivity contribution < 1.29 is 14.3 Å². The van der Waals surface area contributed by atoms with Crippen LogP contribution in [-0.4, -0.2) is 17.6 Å². The minimum absolute atomic E-state index is 0.326. The van der Waals surface area contributed by atoms with Gasteiger partial charge in [-0.05, 0) is 36.4 Å². The average molecular weight is 281 g/mol. The summed E-state index contributed by atoms with van der Waals surface area (Å²) in [6.45, 7) is 1.40. The molecule has 0 fully saturated rings. The van der Waals surface area contributed by atoms with Gasteiger partial charge in [0.05, 0.1) is 18.8 Å². The van der Waals surface area contributed by atoms with Gasteiger partial charge in [0.1, 0.15) is 5.75 Å². The molecule has 0 bridgehead atoms. The van der Waals surface area contributed by atoms with Crippen LogP contribution in [0.3, 0.4) is 0 Å². The summed E-state index contributed by atoms with van der Waals surface area (Å²) in [6.07, 6.45) is 1.83. The molecular weight excluding hydrogens is 266 g/mol. The second-order valence-electron chi connectivity index (χ2n) is 4.67. The SMILES string of the molecule is COc1ccc(-n2cc(OC(C)=O)c3ccccc32)cc1. The van der Waals surface area contributed by atoms with Crippen molar-refractivity contribution in [3.8, 4) is 17.2 Å². The molecule has 0 saturated heterocycles. The zero-order chi connectivity index (χ0) is 14.8. The van der Waals surface area contributed by atoms with Crippen LogP contribution >= 0.6 is 0 Å². The van der Waals surface area contributed by atoms with Gasteiger partial charge < -0.3 is 14.0 Å². The minimum atomic E-state index is -0.326. The molecule has 21 heavy (non-hydrogen) atoms. The van der Waals surface area contributed by atoms with Crippen molar-refractivity contribution in [1.29, 1.82) is 0 Å². The zero-order valence-electron chi connectivity index (χ0n) is 11.9. The molecule has 3 rings (SSSR count). The summed E-state index contributed by atoms with van der Waals surface area (Å²) >= 11 is 0. The van der Waals surface area contributed by atoms with Crippen LogP contribution in [0.1, 0.15) is 6.92 Å². The van der Waals surface area contributed by atoms with Gasteiger partial charge in [-0.25, -0.2) is 0 Å². The van der Waals surface area contributed by atoms with Gasteiger partial charge >= 0.3 is 5.97 Å². The Kier molecular flexibility index (Phi) is 3.36. The first-order valence-corrected chi connectivity index (χ1v) is 6.62. The zero-order valence-corrected chi connectivity index (χ0v) is 11.9. The topological polar surface area (TPSA) is 40.5 Å². The normalized spacial score (nSPS) is 10.6. The van der Waals surface area contributed by atoms with Crippen molar-refractivity contribution in [3.63, 3.8) is 0 Å². The first-order valence-electron chi connectivity index (χ1n) is 6.62. The minimum Gasteiger partial charge on any atom is -0.497 e. The smallest absolute Gasteiger partial charge is 0.308 e. The molecule has 0 spiro atoms. The van der Waals surface area contributed by atoms with Gasteiger partial charge in [-0.1, -0.05) is 12.1 Å². The number of nitrogens with zero attached hydrogens (tertiary/aromatic N) is 1. The van der Waals surface area contributed by atoms with Gasteiger partial charge in [-0.15, -0.1) is 0 Å². The van der Waals surface area contributed by atoms with Crippen LogP contribution in [0.4, 0.5) is 0 Å². The van der Waals surface area contributed by atoms with E-state index in [-0.39, 0.29) is 5.97 Å². The van der Waals surface area contributed by atoms with Crippen molar-refractivity contribution in [1.82, 2.24) is 4.57 Å². The lowest BCUT2D eigenvalue weighted by Crippen LogP contribution is -2.00. The molecule has 3 aromatic rings. The third kappa shape index (κ3) is 2.48. The highest BCUT2D eigenvalue weighted by molar-refractivity contribution is 5.90. The quantitative estimate of drug-likeness (QED) is 0.689. The molecule has 2 aromatic carbocycles. The number of aromatic nitrogens is 1. The van der Waals surface area contributed by atoms with E-state index in [1.165, 1.54) is 6.92 Å². The van der Waals surface area contributed by atoms with Crippen LogP contribution in [-0.2, 0) is 4.79 Å². The Morgan fingerprint density at radius 3 is 2.43 bits per heavy atom. The maximum Gasteiger partial charge on any atom is 0.308 e. The second kappa shape index (κ2) is 5.32. The monoisotopic (exact) mass is 281 g/mol. The fraction of sp³-hybridized carbons (Fsp3) is 0.118. The van der Waals surface area contributed by atoms with Crippen LogP contribution in [0.15, 0.2) is 54.7 Å². The van der Waals surface area contributed by atoms with Crippen molar-refractivity contribution in [2.45, 2.75) is 6.92 Å². The number of carbonyl (C=O) groups is 1. The van der Waals surface area contributed by atoms with Gasteiger partial charge in [-0.2, -0.15) is 0 Å². The Hall–Kier alpha value is -2.75. The average Bonchev–Trinajstić information content (AvgIpc) is 2.86. The van der Waals surface area contributed by atoms with Crippen LogP contribution in [0, 0.1) is 0 Å². The van der Waals surface area contributed by atoms with E-state index in [0.29, 0.717) is 5.75 Å². The van der Waals surface area contributed by atoms with Gasteiger partial charge in [0, 0.05) is 18.0 Å². The maximum absolute atomic E-state index is 11.2. The predicted molar refractivity (Wildman–Crippen MR) is 81.1 cm³/mol. The lowest BCUT2D eigenvalue weighted by atomic mass is 10.2. The van der Waals surface area contributed by atoms with Gasteiger partial charge in [-0.3, -0.25) is 4.79 Å². The molecule has 0 atom stereocenters. The summed E-state index contributed by atoms with van der Waals surface area (Å²) in [5.41, 5.74) is 1.96. The number of ether oxygens (including phenoxy) is 2. The highest BCUT2D eigenvalue weighted by Gasteiger charge is 2.12. The van der Waals surface area contributed by atoms with Crippen LogP contribution in [0.2, 0.25) is 0 Å². The summed E-state index contributed by atoms with van der Waals surface area (Å²) < 4.78 is 12.5. The number of methoxy groups -OCH3 is 1. The molecule has 1 heterocycles. The molecule has 106 valence electrons. The number of esters is 1. The summed E-state index contributed by atoms with van der Waals surface area (Å²) in [6, 6.07) is 15.5. The highest BCUT2D eigenvalue weighted by Crippen LogP contribution is 2.31. The van der Waals surface area contributed by atoms with Gasteiger partial charge in [0.15, 0.2) is 5.75 Å². The number of hydrogen-bond donors (Lipinski definition) is 0. The fourth-order valence-corrected chi connectivity index (χ4v) is 2.34. The van der Waals surface area contributed by atoms with Crippen molar-refractivity contribution in [2.24, 2.45) is 0 Å². The molecule has 0 aliphatic heterocycles. The van der Waals surface area contributed by atoms with Gasteiger partial charge in [0.2, 0.25) is 0 Å². The highest BCUT2D eigenvalue weighted by atomic mass is 16.5. The third-order valence-electron chi connectivity index (χ3n) is 3.28. The predicted octanol–water partition coefficient (Wildman–Crippen LogP) is 3.56. The molecule has 4 nitrogen and oxygen atoms in total. The molecular formula is C17H15NO3. The number of hydrogen-bond acceptors (Lipinski definition) is 3. The molecule has 0 aliphatic carbocycles. The number of rotatable bonds is 3. The molecule has 0 N–H and O–H groups in total. The largest absolute Gasteiger partial charge is 0.497 e. The molecule has 0 saturated carbocycles. The molecule has 0 amide bonds. The van der Waals surface area contributed by atoms with Gasteiger partial charge in [0.25, 0.3) is 0 Å². The Bertz CT molecular complexity index is 787. The van der Waals surface area contributed by atoms with E-state index in [1.54, 1.807) is 7.11 Å². The first-order chi connectivity index (χ1) is 10.2. The number of para-hydroxylation sites is 1. The Morgan fingerprint density at radius 2 is 1.76 bits per heavy atom. The standard InChI is InChI=1S/C17H15NO3/c1-12(19)21-17-11-18(16-6-4-3-5-15(16)17)13-7-9-14(20-2)10-8-13/h3-11H,1-2H3. The second-order valence-corrected chi connectivity index (χ2v) is 4.67. The van der Waals surface area contributed by atoms with Crippen molar-refractivity contribution in [3.05, 3.63) is 54.7 Å². The summed E-state index contributed by atoms with van der Waals surface area (Å²) in [5, 5.41) is 0.906. The van der Waals surface area contributed by atoms with Crippen LogP contribution in [0.25, 0.3) is 16.6 Å². The van der Waals surface area contributed by atoms with Crippen LogP contribution < -0.4 is 9.47 Å². The van der Waals surface area contributed by atoms with Crippen molar-refractivity contribution >= 4 is 16.9 Å². The third-order valence-corrected chi connectivity index (χ3v) is 3.28. The van der Waals surface area contributed by atoms with E-state index >= 15 is 0 Å². The number of carbonyl (C=O) groups excluding carboxylic acids is 1. The number of fused-ring (bicyclic) bond motifs is 1. The van der Waals surface area contributed by atoms with E-state index in [9.17, 15) is 4.79 Å². The Morgan fingerprint density at radius 1 is 1.05 bits per heavy atom. The van der Waals surface area contributed by atoms with E-state index in [4.69, 9.17) is 9.47 Å². The summed E-state index contributed by atoms with van der Waals surface area (Å²) in [4.78, 5) is 11.2. The molecule has 1 aromatic heterocycles. The van der Waals surface area contributed by atoms with Crippen molar-refractivity contribution in [2.75, 3.05) is 7.11 Å². The maximum atomic E-state index is 11.2. The Labute approximate surface area is 122 Å². The molecule has 4 heteroatoms. The van der Waals surface area contributed by atoms with E-state index in [0.717, 1.165) is 22.3 Å². The lowest BCUT2D eigenvalue weighted by Gasteiger charge is -2.06. The molecule has 0 unspecified atom stereocenters. The fourth-order valence-electron chi connectivity index (χ4n) is 2.34. The lowest BCUT2D eigenvalue weighted by molar-refractivity contribution is -0.131. The van der Waals surface area contributed by atoms with E-state index in [1.807, 2.05) is 59.3 Å². The summed E-state index contributed by atoms with van der Waals surface area (Å²) in [7, 11) is 1.64. The van der Waals surface area contributed by atoms with Crippen LogP contribution in [0.5, 0.6) is 11.5 Å².